The molecular weight excluding hydrogens is 266 g/mol. The maximum Gasteiger partial charge on any atom is 0.320 e. The van der Waals surface area contributed by atoms with Crippen LogP contribution < -0.4 is 0 Å². The van der Waals surface area contributed by atoms with E-state index >= 15 is 0 Å². The maximum absolute atomic E-state index is 12.6. The molecule has 112 valence electrons. The van der Waals surface area contributed by atoms with Gasteiger partial charge in [-0.25, -0.2) is 4.79 Å². The molecule has 0 saturated carbocycles. The molecule has 0 bridgehead atoms. The number of urea groups is 1. The van der Waals surface area contributed by atoms with Crippen molar-refractivity contribution in [2.75, 3.05) is 32.7 Å². The fraction of sp³-hybridized carbons (Fsp3) is 0.500. The lowest BCUT2D eigenvalue weighted by Crippen LogP contribution is -2.54. The molecule has 0 radical (unpaired) electrons. The second kappa shape index (κ2) is 5.76. The van der Waals surface area contributed by atoms with Gasteiger partial charge in [-0.2, -0.15) is 0 Å². The molecule has 1 fully saturated rings. The van der Waals surface area contributed by atoms with Crippen molar-refractivity contribution < 1.29 is 9.59 Å². The van der Waals surface area contributed by atoms with Crippen molar-refractivity contribution in [1.29, 1.82) is 0 Å². The van der Waals surface area contributed by atoms with Crippen LogP contribution in [0.25, 0.3) is 0 Å². The van der Waals surface area contributed by atoms with Crippen molar-refractivity contribution in [3.8, 4) is 0 Å². The second-order valence-electron chi connectivity index (χ2n) is 5.72. The number of nitrogens with zero attached hydrogens (tertiary/aromatic N) is 3. The molecule has 0 spiro atoms. The number of rotatable bonds is 0. The van der Waals surface area contributed by atoms with Crippen molar-refractivity contribution in [2.24, 2.45) is 0 Å². The topological polar surface area (TPSA) is 43.9 Å². The first-order chi connectivity index (χ1) is 10.1. The zero-order valence-corrected chi connectivity index (χ0v) is 12.4. The molecule has 0 aromatic heterocycles. The molecule has 1 aromatic carbocycles. The molecule has 0 N–H and O–H groups in total. The van der Waals surface area contributed by atoms with Crippen LogP contribution in [0.5, 0.6) is 0 Å². The monoisotopic (exact) mass is 287 g/mol. The first-order valence-corrected chi connectivity index (χ1v) is 7.51. The first-order valence-electron chi connectivity index (χ1n) is 7.51. The fourth-order valence-corrected chi connectivity index (χ4v) is 3.07. The van der Waals surface area contributed by atoms with Gasteiger partial charge in [-0.1, -0.05) is 24.3 Å². The molecule has 3 rings (SSSR count). The first kappa shape index (κ1) is 13.9. The van der Waals surface area contributed by atoms with E-state index in [-0.39, 0.29) is 11.9 Å². The largest absolute Gasteiger partial charge is 0.339 e. The van der Waals surface area contributed by atoms with Gasteiger partial charge >= 0.3 is 6.03 Å². The number of carbonyl (C=O) groups excluding carboxylic acids is 2. The Balaban J connectivity index is 1.61. The van der Waals surface area contributed by atoms with Gasteiger partial charge in [-0.15, -0.1) is 0 Å². The summed E-state index contributed by atoms with van der Waals surface area (Å²) in [7, 11) is 0. The number of hydrogen-bond donors (Lipinski definition) is 0. The summed E-state index contributed by atoms with van der Waals surface area (Å²) in [5, 5.41) is 0. The van der Waals surface area contributed by atoms with Gasteiger partial charge in [0.15, 0.2) is 0 Å². The fourth-order valence-electron chi connectivity index (χ4n) is 3.07. The Kier molecular flexibility index (Phi) is 3.82. The van der Waals surface area contributed by atoms with Crippen molar-refractivity contribution in [3.05, 3.63) is 35.4 Å². The maximum atomic E-state index is 12.6. The average Bonchev–Trinajstić information content (AvgIpc) is 2.54. The number of carbonyl (C=O) groups is 2. The molecular formula is C16H21N3O2. The van der Waals surface area contributed by atoms with E-state index in [1.165, 1.54) is 11.1 Å². The summed E-state index contributed by atoms with van der Waals surface area (Å²) in [5.41, 5.74) is 2.60. The van der Waals surface area contributed by atoms with E-state index in [0.717, 1.165) is 13.0 Å². The second-order valence-corrected chi connectivity index (χ2v) is 5.72. The van der Waals surface area contributed by atoms with Crippen LogP contribution in [0.2, 0.25) is 0 Å². The van der Waals surface area contributed by atoms with E-state index in [1.54, 1.807) is 11.8 Å². The van der Waals surface area contributed by atoms with Gasteiger partial charge < -0.3 is 14.7 Å². The van der Waals surface area contributed by atoms with Gasteiger partial charge in [0.05, 0.1) is 0 Å². The van der Waals surface area contributed by atoms with Gasteiger partial charge in [0.1, 0.15) is 0 Å². The van der Waals surface area contributed by atoms with E-state index in [1.807, 2.05) is 15.9 Å². The van der Waals surface area contributed by atoms with E-state index in [0.29, 0.717) is 32.7 Å². The van der Waals surface area contributed by atoms with Gasteiger partial charge in [0.2, 0.25) is 5.91 Å². The summed E-state index contributed by atoms with van der Waals surface area (Å²) in [6, 6.07) is 8.42. The summed E-state index contributed by atoms with van der Waals surface area (Å²) in [5.74, 6) is 0.0917. The summed E-state index contributed by atoms with van der Waals surface area (Å²) in [6.45, 7) is 5.62. The van der Waals surface area contributed by atoms with Crippen molar-refractivity contribution in [2.45, 2.75) is 19.9 Å². The minimum atomic E-state index is 0.0917. The Hall–Kier alpha value is -2.04. The highest BCUT2D eigenvalue weighted by Crippen LogP contribution is 2.20. The standard InChI is InChI=1S/C16H21N3O2/c1-13(20)17-8-10-18(11-9-17)16(21)19-7-6-14-4-2-3-5-15(14)12-19/h2-5H,6-12H2,1H3. The number of amides is 3. The normalized spacial score (nSPS) is 18.4. The Morgan fingerprint density at radius 2 is 1.48 bits per heavy atom. The molecule has 2 heterocycles. The third kappa shape index (κ3) is 2.86. The molecule has 2 aliphatic heterocycles. The smallest absolute Gasteiger partial charge is 0.320 e. The average molecular weight is 287 g/mol. The predicted molar refractivity (Wildman–Crippen MR) is 79.8 cm³/mol. The van der Waals surface area contributed by atoms with E-state index < -0.39 is 0 Å². The summed E-state index contributed by atoms with van der Waals surface area (Å²) in [6.07, 6.45) is 0.926. The number of piperazine rings is 1. The summed E-state index contributed by atoms with van der Waals surface area (Å²) < 4.78 is 0. The molecule has 5 nitrogen and oxygen atoms in total. The molecule has 0 aliphatic carbocycles. The quantitative estimate of drug-likeness (QED) is 0.722. The van der Waals surface area contributed by atoms with Crippen molar-refractivity contribution in [3.63, 3.8) is 0 Å². The molecule has 1 aromatic rings. The molecule has 0 atom stereocenters. The van der Waals surface area contributed by atoms with Crippen LogP contribution in [0.1, 0.15) is 18.1 Å². The third-order valence-electron chi connectivity index (χ3n) is 4.40. The Morgan fingerprint density at radius 1 is 0.857 bits per heavy atom. The highest BCUT2D eigenvalue weighted by Gasteiger charge is 2.28. The molecule has 1 saturated heterocycles. The SMILES string of the molecule is CC(=O)N1CCN(C(=O)N2CCc3ccccc3C2)CC1. The third-order valence-corrected chi connectivity index (χ3v) is 4.40. The summed E-state index contributed by atoms with van der Waals surface area (Å²) in [4.78, 5) is 29.5. The molecule has 21 heavy (non-hydrogen) atoms. The van der Waals surface area contributed by atoms with E-state index in [2.05, 4.69) is 18.2 Å². The summed E-state index contributed by atoms with van der Waals surface area (Å²) >= 11 is 0. The number of benzene rings is 1. The van der Waals surface area contributed by atoms with Crippen LogP contribution in [-0.4, -0.2) is 59.4 Å². The van der Waals surface area contributed by atoms with E-state index in [4.69, 9.17) is 0 Å². The number of fused-ring (bicyclic) bond motifs is 1. The lowest BCUT2D eigenvalue weighted by molar-refractivity contribution is -0.130. The zero-order valence-electron chi connectivity index (χ0n) is 12.4. The van der Waals surface area contributed by atoms with Crippen molar-refractivity contribution >= 4 is 11.9 Å². The van der Waals surface area contributed by atoms with Crippen LogP contribution >= 0.6 is 0 Å². The lowest BCUT2D eigenvalue weighted by atomic mass is 10.0. The number of hydrogen-bond acceptors (Lipinski definition) is 2. The van der Waals surface area contributed by atoms with Crippen LogP contribution in [-0.2, 0) is 17.8 Å². The van der Waals surface area contributed by atoms with Crippen LogP contribution in [0.15, 0.2) is 24.3 Å². The minimum absolute atomic E-state index is 0.0917. The van der Waals surface area contributed by atoms with Crippen LogP contribution in [0.3, 0.4) is 0 Å². The lowest BCUT2D eigenvalue weighted by Gasteiger charge is -2.38. The van der Waals surface area contributed by atoms with Gasteiger partial charge in [0.25, 0.3) is 0 Å². The van der Waals surface area contributed by atoms with Gasteiger partial charge in [0, 0.05) is 46.2 Å². The van der Waals surface area contributed by atoms with E-state index in [9.17, 15) is 9.59 Å². The highest BCUT2D eigenvalue weighted by atomic mass is 16.2. The molecule has 3 amide bonds. The Morgan fingerprint density at radius 3 is 2.14 bits per heavy atom. The minimum Gasteiger partial charge on any atom is -0.339 e. The molecule has 2 aliphatic rings. The van der Waals surface area contributed by atoms with Gasteiger partial charge in [-0.3, -0.25) is 4.79 Å². The van der Waals surface area contributed by atoms with Gasteiger partial charge in [-0.05, 0) is 17.5 Å². The van der Waals surface area contributed by atoms with Crippen LogP contribution in [0.4, 0.5) is 4.79 Å². The predicted octanol–water partition coefficient (Wildman–Crippen LogP) is 1.33. The molecule has 5 heteroatoms. The Bertz CT molecular complexity index is 550. The van der Waals surface area contributed by atoms with Crippen molar-refractivity contribution in [1.82, 2.24) is 14.7 Å². The Labute approximate surface area is 125 Å². The van der Waals surface area contributed by atoms with Crippen LogP contribution in [0, 0.1) is 0 Å². The zero-order chi connectivity index (χ0) is 14.8. The molecule has 0 unspecified atom stereocenters. The highest BCUT2D eigenvalue weighted by molar-refractivity contribution is 5.76.